The molecular weight excluding hydrogens is 276 g/mol. The van der Waals surface area contributed by atoms with Gasteiger partial charge in [0.2, 0.25) is 0 Å². The summed E-state index contributed by atoms with van der Waals surface area (Å²) in [6.07, 6.45) is 7.73. The number of piperidine rings is 1. The molecule has 0 spiro atoms. The second-order valence-corrected chi connectivity index (χ2v) is 7.21. The van der Waals surface area contributed by atoms with E-state index in [-0.39, 0.29) is 6.61 Å². The summed E-state index contributed by atoms with van der Waals surface area (Å²) in [7, 11) is 0. The maximum absolute atomic E-state index is 8.93. The molecule has 22 heavy (non-hydrogen) atoms. The predicted molar refractivity (Wildman–Crippen MR) is 88.6 cm³/mol. The average molecular weight is 308 g/mol. The molecular formula is C17H32N4O. The molecule has 0 bridgehead atoms. The highest BCUT2D eigenvalue weighted by Crippen LogP contribution is 2.22. The Morgan fingerprint density at radius 2 is 1.95 bits per heavy atom. The number of aromatic nitrogens is 3. The Morgan fingerprint density at radius 1 is 1.23 bits per heavy atom. The fourth-order valence-electron chi connectivity index (χ4n) is 3.25. The normalized spacial score (nSPS) is 19.0. The van der Waals surface area contributed by atoms with E-state index in [9.17, 15) is 0 Å². The van der Waals surface area contributed by atoms with Gasteiger partial charge in [-0.3, -0.25) is 4.68 Å². The monoisotopic (exact) mass is 308 g/mol. The third kappa shape index (κ3) is 5.36. The maximum atomic E-state index is 8.93. The van der Waals surface area contributed by atoms with Gasteiger partial charge in [0.25, 0.3) is 0 Å². The van der Waals surface area contributed by atoms with Gasteiger partial charge in [-0.2, -0.15) is 0 Å². The van der Waals surface area contributed by atoms with Crippen molar-refractivity contribution >= 4 is 0 Å². The molecule has 2 rings (SSSR count). The number of likely N-dealkylation sites (tertiary alicyclic amines) is 1. The van der Waals surface area contributed by atoms with Gasteiger partial charge in [0, 0.05) is 31.8 Å². The van der Waals surface area contributed by atoms with Crippen LogP contribution in [0.25, 0.3) is 0 Å². The van der Waals surface area contributed by atoms with Crippen LogP contribution in [0.1, 0.15) is 52.1 Å². The minimum Gasteiger partial charge on any atom is -0.396 e. The molecule has 1 fully saturated rings. The van der Waals surface area contributed by atoms with Gasteiger partial charge in [-0.15, -0.1) is 5.10 Å². The summed E-state index contributed by atoms with van der Waals surface area (Å²) in [5.41, 5.74) is 0.891. The van der Waals surface area contributed by atoms with Crippen molar-refractivity contribution in [2.24, 2.45) is 11.8 Å². The van der Waals surface area contributed by atoms with Crippen LogP contribution in [0.3, 0.4) is 0 Å². The van der Waals surface area contributed by atoms with Crippen molar-refractivity contribution in [2.75, 3.05) is 19.7 Å². The van der Waals surface area contributed by atoms with Crippen molar-refractivity contribution in [3.05, 3.63) is 11.9 Å². The third-order valence-corrected chi connectivity index (χ3v) is 4.83. The predicted octanol–water partition coefficient (Wildman–Crippen LogP) is 2.35. The van der Waals surface area contributed by atoms with E-state index in [0.717, 1.165) is 18.2 Å². The van der Waals surface area contributed by atoms with Gasteiger partial charge in [0.15, 0.2) is 0 Å². The minimum absolute atomic E-state index is 0.144. The lowest BCUT2D eigenvalue weighted by Crippen LogP contribution is -2.40. The van der Waals surface area contributed by atoms with Crippen LogP contribution in [0.4, 0.5) is 0 Å². The lowest BCUT2D eigenvalue weighted by atomic mass is 9.94. The zero-order valence-electron chi connectivity index (χ0n) is 14.4. The molecule has 1 N–H and O–H groups in total. The van der Waals surface area contributed by atoms with Crippen molar-refractivity contribution in [1.82, 2.24) is 19.9 Å². The molecule has 0 aromatic carbocycles. The second kappa shape index (κ2) is 8.63. The number of hydrogen-bond donors (Lipinski definition) is 1. The van der Waals surface area contributed by atoms with Gasteiger partial charge < -0.3 is 10.0 Å². The molecule has 1 saturated heterocycles. The first kappa shape index (κ1) is 17.4. The Labute approximate surface area is 134 Å². The quantitative estimate of drug-likeness (QED) is 0.801. The summed E-state index contributed by atoms with van der Waals surface area (Å²) >= 11 is 0. The molecule has 0 saturated carbocycles. The lowest BCUT2D eigenvalue weighted by Gasteiger charge is -2.36. The first-order valence-corrected chi connectivity index (χ1v) is 8.82. The average Bonchev–Trinajstić information content (AvgIpc) is 2.93. The highest BCUT2D eigenvalue weighted by atomic mass is 16.3. The van der Waals surface area contributed by atoms with E-state index in [2.05, 4.69) is 36.0 Å². The molecule has 1 aromatic heterocycles. The summed E-state index contributed by atoms with van der Waals surface area (Å²) in [5.74, 6) is 1.51. The van der Waals surface area contributed by atoms with E-state index in [4.69, 9.17) is 5.11 Å². The van der Waals surface area contributed by atoms with E-state index < -0.39 is 0 Å². The van der Waals surface area contributed by atoms with E-state index >= 15 is 0 Å². The van der Waals surface area contributed by atoms with Crippen LogP contribution in [0.5, 0.6) is 0 Å². The van der Waals surface area contributed by atoms with Crippen LogP contribution < -0.4 is 0 Å². The van der Waals surface area contributed by atoms with Crippen LogP contribution in [-0.4, -0.2) is 50.7 Å². The topological polar surface area (TPSA) is 54.2 Å². The lowest BCUT2D eigenvalue weighted by molar-refractivity contribution is 0.123. The Hall–Kier alpha value is -0.940. The van der Waals surface area contributed by atoms with Crippen LogP contribution in [-0.2, 0) is 13.0 Å². The number of nitrogens with zero attached hydrogens (tertiary/aromatic N) is 4. The zero-order chi connectivity index (χ0) is 15.9. The van der Waals surface area contributed by atoms with Crippen LogP contribution >= 0.6 is 0 Å². The van der Waals surface area contributed by atoms with Crippen LogP contribution in [0, 0.1) is 11.8 Å². The molecule has 1 atom stereocenters. The second-order valence-electron chi connectivity index (χ2n) is 7.21. The molecule has 1 aliphatic heterocycles. The number of aliphatic hydroxyl groups excluding tert-OH is 1. The smallest absolute Gasteiger partial charge is 0.0849 e. The van der Waals surface area contributed by atoms with Gasteiger partial charge in [0.05, 0.1) is 5.69 Å². The number of hydrogen-bond acceptors (Lipinski definition) is 4. The molecule has 1 unspecified atom stereocenters. The minimum atomic E-state index is 0.144. The SMILES string of the molecule is CC(C)CCC(C)N1CCC(Cn2cc(CCO)nn2)CC1. The maximum Gasteiger partial charge on any atom is 0.0849 e. The molecule has 5 heteroatoms. The van der Waals surface area contributed by atoms with E-state index in [1.807, 2.05) is 10.9 Å². The van der Waals surface area contributed by atoms with E-state index in [1.54, 1.807) is 0 Å². The standard InChI is InChI=1S/C17H32N4O/c1-14(2)4-5-15(3)20-9-6-16(7-10-20)12-21-13-17(8-11-22)18-19-21/h13-16,22H,4-12H2,1-3H3. The van der Waals surface area contributed by atoms with Gasteiger partial charge in [-0.1, -0.05) is 19.1 Å². The number of rotatable bonds is 8. The Morgan fingerprint density at radius 3 is 2.59 bits per heavy atom. The molecule has 1 aromatic rings. The van der Waals surface area contributed by atoms with Crippen molar-refractivity contribution in [3.8, 4) is 0 Å². The highest BCUT2D eigenvalue weighted by Gasteiger charge is 2.23. The van der Waals surface area contributed by atoms with E-state index in [1.165, 1.54) is 38.8 Å². The third-order valence-electron chi connectivity index (χ3n) is 4.83. The molecule has 1 aliphatic rings. The first-order chi connectivity index (χ1) is 10.6. The van der Waals surface area contributed by atoms with Crippen molar-refractivity contribution < 1.29 is 5.11 Å². The Bertz CT molecular complexity index is 424. The molecule has 0 aliphatic carbocycles. The number of aliphatic hydroxyl groups is 1. The van der Waals surface area contributed by atoms with Crippen molar-refractivity contribution in [3.63, 3.8) is 0 Å². The van der Waals surface area contributed by atoms with Gasteiger partial charge in [0.1, 0.15) is 0 Å². The molecule has 0 amide bonds. The Kier molecular flexibility index (Phi) is 6.83. The zero-order valence-corrected chi connectivity index (χ0v) is 14.4. The summed E-state index contributed by atoms with van der Waals surface area (Å²) < 4.78 is 1.95. The van der Waals surface area contributed by atoms with Gasteiger partial charge in [-0.25, -0.2) is 0 Å². The summed E-state index contributed by atoms with van der Waals surface area (Å²) in [6.45, 7) is 10.5. The van der Waals surface area contributed by atoms with Crippen molar-refractivity contribution in [1.29, 1.82) is 0 Å². The molecule has 5 nitrogen and oxygen atoms in total. The Balaban J connectivity index is 1.72. The molecule has 126 valence electrons. The summed E-state index contributed by atoms with van der Waals surface area (Å²) in [4.78, 5) is 2.65. The fraction of sp³-hybridized carbons (Fsp3) is 0.882. The van der Waals surface area contributed by atoms with Crippen LogP contribution in [0.15, 0.2) is 6.20 Å². The van der Waals surface area contributed by atoms with Gasteiger partial charge in [-0.05, 0) is 57.5 Å². The molecule has 2 heterocycles. The van der Waals surface area contributed by atoms with Crippen molar-refractivity contribution in [2.45, 2.75) is 65.5 Å². The molecule has 0 radical (unpaired) electrons. The largest absolute Gasteiger partial charge is 0.396 e. The van der Waals surface area contributed by atoms with Crippen LogP contribution in [0.2, 0.25) is 0 Å². The fourth-order valence-corrected chi connectivity index (χ4v) is 3.25. The highest BCUT2D eigenvalue weighted by molar-refractivity contribution is 4.92. The summed E-state index contributed by atoms with van der Waals surface area (Å²) in [5, 5.41) is 17.2. The van der Waals surface area contributed by atoms with Gasteiger partial charge >= 0.3 is 0 Å². The van der Waals surface area contributed by atoms with E-state index in [0.29, 0.717) is 18.4 Å². The first-order valence-electron chi connectivity index (χ1n) is 8.82. The summed E-state index contributed by atoms with van der Waals surface area (Å²) in [6, 6.07) is 0.714.